The Morgan fingerprint density at radius 1 is 1.41 bits per heavy atom. The Labute approximate surface area is 112 Å². The molecule has 0 amide bonds. The van der Waals surface area contributed by atoms with Crippen molar-refractivity contribution in [2.75, 3.05) is 0 Å². The van der Waals surface area contributed by atoms with Crippen LogP contribution in [0.1, 0.15) is 49.5 Å². The van der Waals surface area contributed by atoms with Gasteiger partial charge in [0.25, 0.3) is 0 Å². The van der Waals surface area contributed by atoms with Crippen molar-refractivity contribution in [3.8, 4) is 0 Å². The molecule has 3 heteroatoms. The van der Waals surface area contributed by atoms with E-state index in [1.54, 1.807) is 0 Å². The molecule has 3 atom stereocenters. The van der Waals surface area contributed by atoms with E-state index in [2.05, 4.69) is 30.4 Å². The summed E-state index contributed by atoms with van der Waals surface area (Å²) in [5, 5.41) is 0. The van der Waals surface area contributed by atoms with Crippen LogP contribution in [0.3, 0.4) is 0 Å². The van der Waals surface area contributed by atoms with Crippen LogP contribution in [-0.4, -0.2) is 14.5 Å². The summed E-state index contributed by atoms with van der Waals surface area (Å²) in [5.41, 5.74) is 2.57. The second-order valence-corrected chi connectivity index (χ2v) is 6.53. The molecule has 2 fully saturated rings. The van der Waals surface area contributed by atoms with Gasteiger partial charge in [-0.15, -0.1) is 0 Å². The van der Waals surface area contributed by atoms with E-state index >= 15 is 0 Å². The molecule has 17 heavy (non-hydrogen) atoms. The van der Waals surface area contributed by atoms with Gasteiger partial charge in [0, 0.05) is 0 Å². The molecule has 1 saturated heterocycles. The normalized spacial score (nSPS) is 38.8. The predicted molar refractivity (Wildman–Crippen MR) is 61.5 cm³/mol. The fourth-order valence-corrected chi connectivity index (χ4v) is 5.15. The average Bonchev–Trinajstić information content (AvgIpc) is 2.73. The molecule has 3 aliphatic rings. The third-order valence-electron chi connectivity index (χ3n) is 4.59. The molecule has 2 nitrogen and oxygen atoms in total. The average molecular weight is 408 g/mol. The fourth-order valence-electron chi connectivity index (χ4n) is 3.80. The van der Waals surface area contributed by atoms with Crippen LogP contribution in [0, 0.1) is 5.92 Å². The van der Waals surface area contributed by atoms with Crippen molar-refractivity contribution in [3.05, 3.63) is 29.6 Å². The maximum atomic E-state index is 6.44. The number of pyridine rings is 1. The Bertz CT molecular complexity index is 501. The molecule has 1 spiro atoms. The summed E-state index contributed by atoms with van der Waals surface area (Å²) < 4.78 is 7.81. The van der Waals surface area contributed by atoms with Crippen LogP contribution in [-0.2, 0) is 24.1 Å². The molecule has 1 saturated carbocycles. The molecule has 1 aromatic rings. The van der Waals surface area contributed by atoms with Crippen LogP contribution in [0.25, 0.3) is 0 Å². The molecule has 4 rings (SSSR count). The van der Waals surface area contributed by atoms with Crippen molar-refractivity contribution in [2.24, 2.45) is 5.92 Å². The van der Waals surface area contributed by atoms with Gasteiger partial charge in [-0.2, -0.15) is 0 Å². The van der Waals surface area contributed by atoms with Crippen molar-refractivity contribution in [1.29, 1.82) is 0 Å². The molecular weight excluding hydrogens is 393 g/mol. The first-order valence-corrected chi connectivity index (χ1v) is 7.58. The SMILES string of the molecule is [Pt]=[C]1c2ncccc2[C@@H]2C[C@H]3CCCC[C@]13O2. The molecule has 0 aromatic carbocycles. The van der Waals surface area contributed by atoms with Crippen LogP contribution < -0.4 is 0 Å². The molecule has 3 heterocycles. The molecule has 92 valence electrons. The molecule has 1 aliphatic carbocycles. The van der Waals surface area contributed by atoms with Gasteiger partial charge in [0.15, 0.2) is 0 Å². The summed E-state index contributed by atoms with van der Waals surface area (Å²) in [6.45, 7) is 0. The summed E-state index contributed by atoms with van der Waals surface area (Å²) >= 11 is 2.47. The van der Waals surface area contributed by atoms with Gasteiger partial charge in [-0.1, -0.05) is 0 Å². The van der Waals surface area contributed by atoms with Crippen LogP contribution in [0.4, 0.5) is 0 Å². The molecule has 0 unspecified atom stereocenters. The third kappa shape index (κ3) is 1.29. The Morgan fingerprint density at radius 2 is 2.35 bits per heavy atom. The van der Waals surface area contributed by atoms with Crippen molar-refractivity contribution in [2.45, 2.75) is 43.8 Å². The van der Waals surface area contributed by atoms with Crippen molar-refractivity contribution in [1.82, 2.24) is 4.98 Å². The zero-order valence-corrected chi connectivity index (χ0v) is 11.9. The number of hydrogen-bond donors (Lipinski definition) is 0. The molecule has 0 radical (unpaired) electrons. The van der Waals surface area contributed by atoms with Crippen LogP contribution in [0.5, 0.6) is 0 Å². The fraction of sp³-hybridized carbons (Fsp3) is 0.571. The predicted octanol–water partition coefficient (Wildman–Crippen LogP) is 2.55. The maximum absolute atomic E-state index is 6.44. The first-order valence-electron chi connectivity index (χ1n) is 6.44. The number of ether oxygens (including phenoxy) is 1. The number of nitrogens with zero attached hydrogens (tertiary/aromatic N) is 1. The summed E-state index contributed by atoms with van der Waals surface area (Å²) in [6, 6.07) is 4.22. The summed E-state index contributed by atoms with van der Waals surface area (Å²) in [5.74, 6) is 0.725. The van der Waals surface area contributed by atoms with Crippen molar-refractivity contribution >= 4 is 3.90 Å². The first-order chi connectivity index (χ1) is 8.31. The van der Waals surface area contributed by atoms with E-state index in [4.69, 9.17) is 4.74 Å². The number of hydrogen-bond acceptors (Lipinski definition) is 2. The minimum atomic E-state index is 0.0336. The van der Waals surface area contributed by atoms with E-state index in [0.29, 0.717) is 6.10 Å². The van der Waals surface area contributed by atoms with Gasteiger partial charge in [0.2, 0.25) is 0 Å². The van der Waals surface area contributed by atoms with Gasteiger partial charge in [0.05, 0.1) is 0 Å². The molecule has 1 aromatic heterocycles. The van der Waals surface area contributed by atoms with E-state index in [1.807, 2.05) is 12.3 Å². The first kappa shape index (κ1) is 10.6. The van der Waals surface area contributed by atoms with Crippen LogP contribution in [0.15, 0.2) is 18.3 Å². The van der Waals surface area contributed by atoms with Crippen LogP contribution >= 0.6 is 0 Å². The summed E-state index contributed by atoms with van der Waals surface area (Å²) in [6.07, 6.45) is 8.62. The standard InChI is InChI=1S/C14H15NO.Pt/c1-2-6-14-9-12-11(5-3-7-15-12)13(16-14)8-10(14)4-1;/h3,5,7,10,13H,1-2,4,6,8H2;/t10-,13+,14+;/m1./s1. The minimum absolute atomic E-state index is 0.0336. The van der Waals surface area contributed by atoms with E-state index < -0.39 is 0 Å². The van der Waals surface area contributed by atoms with E-state index in [9.17, 15) is 0 Å². The zero-order chi connectivity index (χ0) is 11.5. The van der Waals surface area contributed by atoms with Gasteiger partial charge in [-0.05, 0) is 0 Å². The van der Waals surface area contributed by atoms with E-state index in [-0.39, 0.29) is 5.60 Å². The number of rotatable bonds is 0. The van der Waals surface area contributed by atoms with E-state index in [0.717, 1.165) is 5.92 Å². The Balaban J connectivity index is 1.90. The summed E-state index contributed by atoms with van der Waals surface area (Å²) in [7, 11) is 0. The second-order valence-electron chi connectivity index (χ2n) is 5.40. The van der Waals surface area contributed by atoms with Gasteiger partial charge >= 0.3 is 112 Å². The van der Waals surface area contributed by atoms with Crippen molar-refractivity contribution in [3.63, 3.8) is 0 Å². The van der Waals surface area contributed by atoms with Gasteiger partial charge < -0.3 is 0 Å². The molecule has 0 N–H and O–H groups in total. The molecular formula is C14H15NOPt. The monoisotopic (exact) mass is 408 g/mol. The molecule has 2 bridgehead atoms. The van der Waals surface area contributed by atoms with E-state index in [1.165, 1.54) is 47.3 Å². The number of fused-ring (bicyclic) bond motifs is 3. The Kier molecular flexibility index (Phi) is 2.23. The van der Waals surface area contributed by atoms with Gasteiger partial charge in [0.1, 0.15) is 0 Å². The quantitative estimate of drug-likeness (QED) is 0.659. The van der Waals surface area contributed by atoms with Gasteiger partial charge in [-0.25, -0.2) is 0 Å². The topological polar surface area (TPSA) is 22.1 Å². The Hall–Kier alpha value is -0.332. The molecule has 2 aliphatic heterocycles. The van der Waals surface area contributed by atoms with Crippen molar-refractivity contribution < 1.29 is 24.1 Å². The second kappa shape index (κ2) is 3.58. The van der Waals surface area contributed by atoms with Crippen LogP contribution in [0.2, 0.25) is 0 Å². The van der Waals surface area contributed by atoms with Gasteiger partial charge in [-0.3, -0.25) is 0 Å². The number of aromatic nitrogens is 1. The third-order valence-corrected chi connectivity index (χ3v) is 6.09. The zero-order valence-electron chi connectivity index (χ0n) is 9.59. The summed E-state index contributed by atoms with van der Waals surface area (Å²) in [4.78, 5) is 4.60. The Morgan fingerprint density at radius 3 is 3.29 bits per heavy atom.